The zero-order valence-corrected chi connectivity index (χ0v) is 12.7. The van der Waals surface area contributed by atoms with Crippen molar-refractivity contribution >= 4 is 0 Å². The van der Waals surface area contributed by atoms with Crippen LogP contribution >= 0.6 is 0 Å². The monoisotopic (exact) mass is 255 g/mol. The molecule has 0 aliphatic heterocycles. The van der Waals surface area contributed by atoms with E-state index in [0.717, 1.165) is 18.4 Å². The zero-order chi connectivity index (χ0) is 13.4. The number of rotatable bonds is 8. The van der Waals surface area contributed by atoms with Crippen LogP contribution in [0.15, 0.2) is 0 Å². The van der Waals surface area contributed by atoms with Crippen LogP contribution in [0.1, 0.15) is 39.0 Å². The molecule has 1 aliphatic carbocycles. The van der Waals surface area contributed by atoms with Crippen molar-refractivity contribution in [3.63, 3.8) is 0 Å². The normalized spacial score (nSPS) is 25.0. The Morgan fingerprint density at radius 2 is 1.67 bits per heavy atom. The van der Waals surface area contributed by atoms with Crippen molar-refractivity contribution in [1.29, 1.82) is 0 Å². The molecule has 18 heavy (non-hydrogen) atoms. The van der Waals surface area contributed by atoms with Crippen LogP contribution in [-0.2, 0) is 0 Å². The molecule has 0 radical (unpaired) electrons. The Hall–Kier alpha value is -0.120. The van der Waals surface area contributed by atoms with Crippen LogP contribution in [0.3, 0.4) is 0 Å². The fraction of sp³-hybridized carbons (Fsp3) is 1.00. The molecule has 0 saturated heterocycles. The number of hydrogen-bond acceptors (Lipinski definition) is 3. The lowest BCUT2D eigenvalue weighted by Crippen LogP contribution is -2.40. The Balaban J connectivity index is 2.41. The minimum Gasteiger partial charge on any atom is -0.330 e. The molecular formula is C15H33N3. The van der Waals surface area contributed by atoms with Gasteiger partial charge in [0.05, 0.1) is 0 Å². The van der Waals surface area contributed by atoms with Crippen LogP contribution in [0.25, 0.3) is 0 Å². The van der Waals surface area contributed by atoms with Crippen molar-refractivity contribution in [2.45, 2.75) is 39.0 Å². The fourth-order valence-corrected chi connectivity index (χ4v) is 3.12. The summed E-state index contributed by atoms with van der Waals surface area (Å²) in [5.74, 6) is 1.62. The van der Waals surface area contributed by atoms with Crippen LogP contribution in [0.2, 0.25) is 0 Å². The first-order chi connectivity index (χ1) is 8.67. The van der Waals surface area contributed by atoms with Gasteiger partial charge in [-0.1, -0.05) is 19.8 Å². The van der Waals surface area contributed by atoms with E-state index in [1.807, 2.05) is 0 Å². The van der Waals surface area contributed by atoms with Crippen molar-refractivity contribution in [2.75, 3.05) is 46.8 Å². The molecule has 0 bridgehead atoms. The average molecular weight is 255 g/mol. The summed E-state index contributed by atoms with van der Waals surface area (Å²) in [6.45, 7) is 8.04. The average Bonchev–Trinajstić information content (AvgIpc) is 2.37. The van der Waals surface area contributed by atoms with Crippen molar-refractivity contribution < 1.29 is 0 Å². The van der Waals surface area contributed by atoms with E-state index >= 15 is 0 Å². The number of nitrogens with two attached hydrogens (primary N) is 1. The smallest absolute Gasteiger partial charge is 0.0109 e. The summed E-state index contributed by atoms with van der Waals surface area (Å²) in [5, 5.41) is 0. The van der Waals surface area contributed by atoms with Gasteiger partial charge in [0.15, 0.2) is 0 Å². The van der Waals surface area contributed by atoms with Gasteiger partial charge in [-0.3, -0.25) is 0 Å². The lowest BCUT2D eigenvalue weighted by atomic mass is 9.79. The summed E-state index contributed by atoms with van der Waals surface area (Å²) in [7, 11) is 4.32. The second kappa shape index (κ2) is 8.89. The Labute approximate surface area is 114 Å². The first kappa shape index (κ1) is 15.9. The molecule has 0 aromatic carbocycles. The Kier molecular flexibility index (Phi) is 7.87. The van der Waals surface area contributed by atoms with E-state index in [0.29, 0.717) is 0 Å². The molecule has 2 atom stereocenters. The second-order valence-corrected chi connectivity index (χ2v) is 6.14. The molecule has 0 aromatic rings. The number of likely N-dealkylation sites (N-methyl/N-ethyl adjacent to an activating group) is 1. The zero-order valence-electron chi connectivity index (χ0n) is 12.7. The standard InChI is InChI=1S/C15H33N3/c1-4-9-18(11-10-17(2)3)13-15-8-6-5-7-14(15)12-16/h14-15H,4-13,16H2,1-3H3. The minimum absolute atomic E-state index is 0.775. The molecule has 1 fully saturated rings. The molecular weight excluding hydrogens is 222 g/mol. The van der Waals surface area contributed by atoms with Gasteiger partial charge < -0.3 is 15.5 Å². The largest absolute Gasteiger partial charge is 0.330 e. The molecule has 0 amide bonds. The Morgan fingerprint density at radius 1 is 1.00 bits per heavy atom. The molecule has 0 spiro atoms. The van der Waals surface area contributed by atoms with E-state index in [2.05, 4.69) is 30.8 Å². The highest BCUT2D eigenvalue weighted by molar-refractivity contribution is 4.79. The maximum absolute atomic E-state index is 5.94. The molecule has 2 N–H and O–H groups in total. The molecule has 108 valence electrons. The van der Waals surface area contributed by atoms with Gasteiger partial charge in [-0.15, -0.1) is 0 Å². The summed E-state index contributed by atoms with van der Waals surface area (Å²) in [4.78, 5) is 4.93. The van der Waals surface area contributed by atoms with E-state index in [1.165, 1.54) is 58.3 Å². The van der Waals surface area contributed by atoms with Gasteiger partial charge in [-0.05, 0) is 58.3 Å². The quantitative estimate of drug-likeness (QED) is 0.720. The molecule has 0 aromatic heterocycles. The third-order valence-electron chi connectivity index (χ3n) is 4.27. The Bertz CT molecular complexity index is 206. The van der Waals surface area contributed by atoms with Crippen LogP contribution in [-0.4, -0.2) is 56.6 Å². The van der Waals surface area contributed by atoms with Crippen LogP contribution in [0.4, 0.5) is 0 Å². The fourth-order valence-electron chi connectivity index (χ4n) is 3.12. The topological polar surface area (TPSA) is 32.5 Å². The van der Waals surface area contributed by atoms with Crippen molar-refractivity contribution in [3.05, 3.63) is 0 Å². The van der Waals surface area contributed by atoms with Crippen LogP contribution in [0.5, 0.6) is 0 Å². The van der Waals surface area contributed by atoms with E-state index in [9.17, 15) is 0 Å². The van der Waals surface area contributed by atoms with Gasteiger partial charge in [0.25, 0.3) is 0 Å². The summed E-state index contributed by atoms with van der Waals surface area (Å²) in [6, 6.07) is 0. The molecule has 2 unspecified atom stereocenters. The first-order valence-corrected chi connectivity index (χ1v) is 7.74. The number of nitrogens with zero attached hydrogens (tertiary/aromatic N) is 2. The minimum atomic E-state index is 0.775. The third kappa shape index (κ3) is 5.68. The van der Waals surface area contributed by atoms with Crippen LogP contribution in [0, 0.1) is 11.8 Å². The molecule has 1 rings (SSSR count). The molecule has 0 heterocycles. The van der Waals surface area contributed by atoms with Gasteiger partial charge in [0, 0.05) is 19.6 Å². The Morgan fingerprint density at radius 3 is 2.22 bits per heavy atom. The maximum atomic E-state index is 5.94. The van der Waals surface area contributed by atoms with Gasteiger partial charge in [0.2, 0.25) is 0 Å². The highest BCUT2D eigenvalue weighted by Gasteiger charge is 2.25. The highest BCUT2D eigenvalue weighted by atomic mass is 15.2. The predicted molar refractivity (Wildman–Crippen MR) is 79.8 cm³/mol. The summed E-state index contributed by atoms with van der Waals surface area (Å²) in [6.07, 6.45) is 6.81. The van der Waals surface area contributed by atoms with Gasteiger partial charge >= 0.3 is 0 Å². The third-order valence-corrected chi connectivity index (χ3v) is 4.27. The summed E-state index contributed by atoms with van der Waals surface area (Å²) < 4.78 is 0. The SMILES string of the molecule is CCCN(CCN(C)C)CC1CCCCC1CN. The molecule has 3 heteroatoms. The summed E-state index contributed by atoms with van der Waals surface area (Å²) in [5.41, 5.74) is 5.94. The van der Waals surface area contributed by atoms with Crippen molar-refractivity contribution in [2.24, 2.45) is 17.6 Å². The second-order valence-electron chi connectivity index (χ2n) is 6.14. The maximum Gasteiger partial charge on any atom is 0.0109 e. The molecule has 1 aliphatic rings. The summed E-state index contributed by atoms with van der Waals surface area (Å²) >= 11 is 0. The van der Waals surface area contributed by atoms with E-state index in [4.69, 9.17) is 5.73 Å². The van der Waals surface area contributed by atoms with Gasteiger partial charge in [-0.25, -0.2) is 0 Å². The van der Waals surface area contributed by atoms with Crippen molar-refractivity contribution in [3.8, 4) is 0 Å². The first-order valence-electron chi connectivity index (χ1n) is 7.74. The van der Waals surface area contributed by atoms with Crippen LogP contribution < -0.4 is 5.73 Å². The van der Waals surface area contributed by atoms with E-state index in [1.54, 1.807) is 0 Å². The van der Waals surface area contributed by atoms with E-state index in [-0.39, 0.29) is 0 Å². The lowest BCUT2D eigenvalue weighted by Gasteiger charge is -2.35. The number of hydrogen-bond donors (Lipinski definition) is 1. The van der Waals surface area contributed by atoms with E-state index < -0.39 is 0 Å². The molecule has 3 nitrogen and oxygen atoms in total. The van der Waals surface area contributed by atoms with Gasteiger partial charge in [0.1, 0.15) is 0 Å². The van der Waals surface area contributed by atoms with Crippen molar-refractivity contribution in [1.82, 2.24) is 9.80 Å². The molecule has 1 saturated carbocycles. The predicted octanol–water partition coefficient (Wildman–Crippen LogP) is 2.03. The highest BCUT2D eigenvalue weighted by Crippen LogP contribution is 2.29. The van der Waals surface area contributed by atoms with Gasteiger partial charge in [-0.2, -0.15) is 0 Å². The lowest BCUT2D eigenvalue weighted by molar-refractivity contribution is 0.146.